The molecule has 104 valence electrons. The van der Waals surface area contributed by atoms with Gasteiger partial charge in [0, 0.05) is 18.0 Å². The molecule has 0 aliphatic heterocycles. The van der Waals surface area contributed by atoms with Crippen molar-refractivity contribution in [2.45, 2.75) is 20.8 Å². The van der Waals surface area contributed by atoms with E-state index in [1.165, 1.54) is 6.08 Å². The van der Waals surface area contributed by atoms with Gasteiger partial charge in [0.25, 0.3) is 0 Å². The maximum Gasteiger partial charge on any atom is 0.330 e. The van der Waals surface area contributed by atoms with Crippen molar-refractivity contribution in [1.29, 1.82) is 0 Å². The zero-order chi connectivity index (χ0) is 14.5. The Balaban J connectivity index is 2.20. The van der Waals surface area contributed by atoms with Crippen LogP contribution in [-0.2, 0) is 9.53 Å². The van der Waals surface area contributed by atoms with Gasteiger partial charge in [0.1, 0.15) is 0 Å². The van der Waals surface area contributed by atoms with Gasteiger partial charge in [-0.05, 0) is 50.1 Å². The third kappa shape index (κ3) is 3.35. The quantitative estimate of drug-likeness (QED) is 0.633. The maximum atomic E-state index is 11.3. The van der Waals surface area contributed by atoms with E-state index in [0.717, 1.165) is 22.5 Å². The highest BCUT2D eigenvalue weighted by molar-refractivity contribution is 5.87. The highest BCUT2D eigenvalue weighted by Crippen LogP contribution is 2.17. The van der Waals surface area contributed by atoms with Crippen molar-refractivity contribution in [1.82, 2.24) is 9.55 Å². The van der Waals surface area contributed by atoms with Gasteiger partial charge in [0.05, 0.1) is 18.6 Å². The summed E-state index contributed by atoms with van der Waals surface area (Å²) in [5, 5.41) is 0. The van der Waals surface area contributed by atoms with Crippen molar-refractivity contribution >= 4 is 12.0 Å². The predicted molar refractivity (Wildman–Crippen MR) is 78.7 cm³/mol. The molecule has 2 rings (SSSR count). The monoisotopic (exact) mass is 270 g/mol. The average molecular weight is 270 g/mol. The SMILES string of the molecule is CCOC(=O)/C=C/c1ccc(-n2cnc(C)c2)c(C)c1. The number of nitrogens with zero attached hydrogens (tertiary/aromatic N) is 2. The van der Waals surface area contributed by atoms with E-state index in [-0.39, 0.29) is 5.97 Å². The first kappa shape index (κ1) is 14.1. The Bertz CT molecular complexity index is 642. The highest BCUT2D eigenvalue weighted by Gasteiger charge is 2.02. The van der Waals surface area contributed by atoms with Crippen molar-refractivity contribution in [3.05, 3.63) is 53.6 Å². The molecule has 0 unspecified atom stereocenters. The molecule has 2 aromatic rings. The number of aromatic nitrogens is 2. The molecular formula is C16H18N2O2. The normalized spacial score (nSPS) is 10.9. The van der Waals surface area contributed by atoms with E-state index >= 15 is 0 Å². The van der Waals surface area contributed by atoms with Crippen LogP contribution in [0.5, 0.6) is 0 Å². The van der Waals surface area contributed by atoms with E-state index in [0.29, 0.717) is 6.61 Å². The average Bonchev–Trinajstić information content (AvgIpc) is 2.83. The van der Waals surface area contributed by atoms with E-state index in [1.54, 1.807) is 19.3 Å². The first-order chi connectivity index (χ1) is 9.60. The first-order valence-electron chi connectivity index (χ1n) is 6.56. The molecule has 4 heteroatoms. The Morgan fingerprint density at radius 3 is 2.80 bits per heavy atom. The molecule has 1 heterocycles. The fraction of sp³-hybridized carbons (Fsp3) is 0.250. The molecule has 1 aromatic carbocycles. The zero-order valence-corrected chi connectivity index (χ0v) is 12.0. The van der Waals surface area contributed by atoms with Gasteiger partial charge in [-0.25, -0.2) is 9.78 Å². The third-order valence-corrected chi connectivity index (χ3v) is 2.91. The number of hydrogen-bond acceptors (Lipinski definition) is 3. The fourth-order valence-corrected chi connectivity index (χ4v) is 1.98. The maximum absolute atomic E-state index is 11.3. The van der Waals surface area contributed by atoms with Gasteiger partial charge >= 0.3 is 5.97 Å². The summed E-state index contributed by atoms with van der Waals surface area (Å²) in [5.41, 5.74) is 4.15. The summed E-state index contributed by atoms with van der Waals surface area (Å²) in [4.78, 5) is 15.5. The van der Waals surface area contributed by atoms with Crippen LogP contribution in [0.2, 0.25) is 0 Å². The van der Waals surface area contributed by atoms with Gasteiger partial charge in [-0.1, -0.05) is 6.07 Å². The molecule has 0 atom stereocenters. The molecule has 0 N–H and O–H groups in total. The molecule has 0 spiro atoms. The number of hydrogen-bond donors (Lipinski definition) is 0. The van der Waals surface area contributed by atoms with Crippen molar-refractivity contribution in [3.63, 3.8) is 0 Å². The van der Waals surface area contributed by atoms with E-state index in [1.807, 2.05) is 42.8 Å². The van der Waals surface area contributed by atoms with Crippen molar-refractivity contribution < 1.29 is 9.53 Å². The Morgan fingerprint density at radius 2 is 2.20 bits per heavy atom. The second kappa shape index (κ2) is 6.19. The highest BCUT2D eigenvalue weighted by atomic mass is 16.5. The molecule has 0 fully saturated rings. The number of esters is 1. The Hall–Kier alpha value is -2.36. The summed E-state index contributed by atoms with van der Waals surface area (Å²) in [6.45, 7) is 6.17. The number of carbonyl (C=O) groups is 1. The van der Waals surface area contributed by atoms with Crippen LogP contribution in [0.3, 0.4) is 0 Å². The van der Waals surface area contributed by atoms with Gasteiger partial charge < -0.3 is 9.30 Å². The Labute approximate surface area is 118 Å². The molecule has 0 saturated carbocycles. The molecular weight excluding hydrogens is 252 g/mol. The van der Waals surface area contributed by atoms with Crippen LogP contribution < -0.4 is 0 Å². The molecule has 4 nitrogen and oxygen atoms in total. The Kier molecular flexibility index (Phi) is 4.35. The largest absolute Gasteiger partial charge is 0.463 e. The van der Waals surface area contributed by atoms with Gasteiger partial charge in [0.15, 0.2) is 0 Å². The Morgan fingerprint density at radius 1 is 1.40 bits per heavy atom. The minimum absolute atomic E-state index is 0.320. The third-order valence-electron chi connectivity index (χ3n) is 2.91. The number of imidazole rings is 1. The van der Waals surface area contributed by atoms with Crippen LogP contribution in [0, 0.1) is 13.8 Å². The van der Waals surface area contributed by atoms with Crippen LogP contribution >= 0.6 is 0 Å². The molecule has 0 saturated heterocycles. The summed E-state index contributed by atoms with van der Waals surface area (Å²) >= 11 is 0. The summed E-state index contributed by atoms with van der Waals surface area (Å²) in [6.07, 6.45) is 6.98. The predicted octanol–water partition coefficient (Wildman–Crippen LogP) is 3.07. The van der Waals surface area contributed by atoms with E-state index in [4.69, 9.17) is 4.74 Å². The molecule has 1 aromatic heterocycles. The van der Waals surface area contributed by atoms with Gasteiger partial charge in [-0.2, -0.15) is 0 Å². The summed E-state index contributed by atoms with van der Waals surface area (Å²) in [7, 11) is 0. The molecule has 0 radical (unpaired) electrons. The van der Waals surface area contributed by atoms with Crippen LogP contribution in [0.25, 0.3) is 11.8 Å². The topological polar surface area (TPSA) is 44.1 Å². The molecule has 0 amide bonds. The van der Waals surface area contributed by atoms with Gasteiger partial charge in [0.2, 0.25) is 0 Å². The minimum atomic E-state index is -0.320. The van der Waals surface area contributed by atoms with Crippen LogP contribution in [0.1, 0.15) is 23.7 Å². The van der Waals surface area contributed by atoms with Crippen LogP contribution in [-0.4, -0.2) is 22.1 Å². The molecule has 0 aliphatic carbocycles. The van der Waals surface area contributed by atoms with E-state index in [2.05, 4.69) is 4.98 Å². The lowest BCUT2D eigenvalue weighted by atomic mass is 10.1. The number of benzene rings is 1. The summed E-state index contributed by atoms with van der Waals surface area (Å²) in [6, 6.07) is 6.01. The smallest absolute Gasteiger partial charge is 0.330 e. The summed E-state index contributed by atoms with van der Waals surface area (Å²) in [5.74, 6) is -0.320. The fourth-order valence-electron chi connectivity index (χ4n) is 1.98. The van der Waals surface area contributed by atoms with Crippen molar-refractivity contribution in [2.75, 3.05) is 6.61 Å². The molecule has 0 bridgehead atoms. The van der Waals surface area contributed by atoms with Crippen LogP contribution in [0.4, 0.5) is 0 Å². The van der Waals surface area contributed by atoms with Gasteiger partial charge in [-0.3, -0.25) is 0 Å². The molecule has 0 aliphatic rings. The second-order valence-corrected chi connectivity index (χ2v) is 4.55. The number of aryl methyl sites for hydroxylation is 2. The second-order valence-electron chi connectivity index (χ2n) is 4.55. The lowest BCUT2D eigenvalue weighted by molar-refractivity contribution is -0.137. The zero-order valence-electron chi connectivity index (χ0n) is 12.0. The van der Waals surface area contributed by atoms with E-state index < -0.39 is 0 Å². The van der Waals surface area contributed by atoms with Gasteiger partial charge in [-0.15, -0.1) is 0 Å². The first-order valence-corrected chi connectivity index (χ1v) is 6.56. The van der Waals surface area contributed by atoms with E-state index in [9.17, 15) is 4.79 Å². The number of rotatable bonds is 4. The van der Waals surface area contributed by atoms with Crippen LogP contribution in [0.15, 0.2) is 36.8 Å². The number of ether oxygens (including phenoxy) is 1. The summed E-state index contributed by atoms with van der Waals surface area (Å²) < 4.78 is 6.84. The minimum Gasteiger partial charge on any atom is -0.463 e. The van der Waals surface area contributed by atoms with Crippen molar-refractivity contribution in [2.24, 2.45) is 0 Å². The molecule has 20 heavy (non-hydrogen) atoms. The van der Waals surface area contributed by atoms with Crippen molar-refractivity contribution in [3.8, 4) is 5.69 Å². The standard InChI is InChI=1S/C16H18N2O2/c1-4-20-16(19)8-6-14-5-7-15(12(2)9-14)18-10-13(3)17-11-18/h5-11H,4H2,1-3H3/b8-6+. The lowest BCUT2D eigenvalue weighted by Crippen LogP contribution is -1.98. The number of carbonyl (C=O) groups excluding carboxylic acids is 1. The lowest BCUT2D eigenvalue weighted by Gasteiger charge is -2.07.